The predicted octanol–water partition coefficient (Wildman–Crippen LogP) is -2.63. The number of nitrogens with one attached hydrogen (secondary N) is 2. The van der Waals surface area contributed by atoms with E-state index in [1.807, 2.05) is 6.26 Å². The highest BCUT2D eigenvalue weighted by Crippen LogP contribution is 2.19. The maximum Gasteiger partial charge on any atom is 0.328 e. The minimum atomic E-state index is -1.64. The molecular formula is C18H31N5O7S. The molecule has 0 aromatic rings. The van der Waals surface area contributed by atoms with Gasteiger partial charge in [0, 0.05) is 6.54 Å². The maximum atomic E-state index is 12.8. The van der Waals surface area contributed by atoms with Gasteiger partial charge in [0.05, 0.1) is 18.6 Å². The molecule has 1 aliphatic heterocycles. The monoisotopic (exact) mass is 461 g/mol. The van der Waals surface area contributed by atoms with Gasteiger partial charge in [-0.05, 0) is 38.2 Å². The summed E-state index contributed by atoms with van der Waals surface area (Å²) in [5, 5.41) is 23.1. The average molecular weight is 462 g/mol. The van der Waals surface area contributed by atoms with Gasteiger partial charge >= 0.3 is 5.97 Å². The number of hydrogen-bond acceptors (Lipinski definition) is 8. The third kappa shape index (κ3) is 7.99. The molecule has 0 radical (unpaired) electrons. The summed E-state index contributed by atoms with van der Waals surface area (Å²) in [6.45, 7) is 1.50. The Bertz CT molecular complexity index is 690. The summed E-state index contributed by atoms with van der Waals surface area (Å²) >= 11 is 1.55. The van der Waals surface area contributed by atoms with Crippen LogP contribution in [0.2, 0.25) is 0 Å². The lowest BCUT2D eigenvalue weighted by Gasteiger charge is -2.28. The Morgan fingerprint density at radius 3 is 2.39 bits per heavy atom. The Balaban J connectivity index is 2.90. The van der Waals surface area contributed by atoms with Crippen molar-refractivity contribution in [3.05, 3.63) is 0 Å². The highest BCUT2D eigenvalue weighted by atomic mass is 32.2. The van der Waals surface area contributed by atoms with Crippen LogP contribution in [0, 0.1) is 0 Å². The van der Waals surface area contributed by atoms with E-state index in [0.29, 0.717) is 31.6 Å². The molecule has 0 aliphatic carbocycles. The fourth-order valence-electron chi connectivity index (χ4n) is 3.21. The Hall–Kier alpha value is -2.38. The quantitative estimate of drug-likeness (QED) is 0.179. The lowest BCUT2D eigenvalue weighted by Crippen LogP contribution is -2.58. The molecule has 31 heavy (non-hydrogen) atoms. The van der Waals surface area contributed by atoms with Gasteiger partial charge in [0.25, 0.3) is 0 Å². The fourth-order valence-corrected chi connectivity index (χ4v) is 3.69. The van der Waals surface area contributed by atoms with Crippen molar-refractivity contribution in [3.63, 3.8) is 0 Å². The van der Waals surface area contributed by atoms with Crippen LogP contribution in [0.5, 0.6) is 0 Å². The van der Waals surface area contributed by atoms with E-state index in [-0.39, 0.29) is 5.91 Å². The molecule has 0 aromatic carbocycles. The van der Waals surface area contributed by atoms with Crippen molar-refractivity contribution < 1.29 is 34.2 Å². The summed E-state index contributed by atoms with van der Waals surface area (Å²) in [5.41, 5.74) is 11.1. The molecule has 0 spiro atoms. The van der Waals surface area contributed by atoms with Crippen molar-refractivity contribution in [1.82, 2.24) is 15.5 Å². The van der Waals surface area contributed by atoms with E-state index in [1.54, 1.807) is 11.8 Å². The van der Waals surface area contributed by atoms with Crippen molar-refractivity contribution in [3.8, 4) is 0 Å². The maximum absolute atomic E-state index is 12.8. The van der Waals surface area contributed by atoms with Gasteiger partial charge < -0.3 is 37.2 Å². The Morgan fingerprint density at radius 2 is 1.87 bits per heavy atom. The number of nitrogens with two attached hydrogens (primary N) is 2. The second-order valence-corrected chi connectivity index (χ2v) is 8.36. The van der Waals surface area contributed by atoms with Gasteiger partial charge in [0.1, 0.15) is 12.1 Å². The Kier molecular flexibility index (Phi) is 10.7. The van der Waals surface area contributed by atoms with Crippen LogP contribution in [0.15, 0.2) is 0 Å². The standard InChI is InChI=1S/C18H31N5O7S/c1-9(24)14(18(29)30)22-15(26)11(8-13(20)25)21-16(27)12-4-3-6-23(12)17(28)10(19)5-7-31-2/h9-12,14,24H,3-8,19H2,1-2H3,(H2,20,25)(H,21,27)(H,22,26)(H,29,30). The molecule has 5 atom stereocenters. The smallest absolute Gasteiger partial charge is 0.328 e. The molecule has 1 saturated heterocycles. The Labute approximate surface area is 184 Å². The molecule has 1 fully saturated rings. The van der Waals surface area contributed by atoms with Crippen LogP contribution < -0.4 is 22.1 Å². The van der Waals surface area contributed by atoms with Crippen LogP contribution >= 0.6 is 11.8 Å². The molecular weight excluding hydrogens is 430 g/mol. The summed E-state index contributed by atoms with van der Waals surface area (Å²) in [5.74, 6) is -3.74. The molecule has 1 aliphatic rings. The number of aliphatic hydroxyl groups is 1. The largest absolute Gasteiger partial charge is 0.480 e. The number of nitrogens with zero attached hydrogens (tertiary/aromatic N) is 1. The van der Waals surface area contributed by atoms with Crippen LogP contribution in [-0.2, 0) is 24.0 Å². The second kappa shape index (κ2) is 12.5. The first-order chi connectivity index (χ1) is 14.5. The van der Waals surface area contributed by atoms with E-state index in [0.717, 1.165) is 0 Å². The fraction of sp³-hybridized carbons (Fsp3) is 0.722. The van der Waals surface area contributed by atoms with Crippen molar-refractivity contribution in [2.75, 3.05) is 18.6 Å². The number of hydrogen-bond donors (Lipinski definition) is 6. The predicted molar refractivity (Wildman–Crippen MR) is 113 cm³/mol. The van der Waals surface area contributed by atoms with Gasteiger partial charge in [-0.1, -0.05) is 0 Å². The molecule has 1 rings (SSSR count). The average Bonchev–Trinajstić information content (AvgIpc) is 3.17. The second-order valence-electron chi connectivity index (χ2n) is 7.37. The highest BCUT2D eigenvalue weighted by Gasteiger charge is 2.38. The van der Waals surface area contributed by atoms with Crippen molar-refractivity contribution >= 4 is 41.4 Å². The molecule has 176 valence electrons. The minimum absolute atomic E-state index is 0.333. The van der Waals surface area contributed by atoms with E-state index in [9.17, 15) is 29.1 Å². The van der Waals surface area contributed by atoms with Gasteiger partial charge in [-0.3, -0.25) is 19.2 Å². The topological polar surface area (TPSA) is 205 Å². The number of carbonyl (C=O) groups excluding carboxylic acids is 4. The third-order valence-corrected chi connectivity index (χ3v) is 5.52. The number of carbonyl (C=O) groups is 5. The summed E-state index contributed by atoms with van der Waals surface area (Å²) in [6.07, 6.45) is 1.25. The number of thioether (sulfide) groups is 1. The highest BCUT2D eigenvalue weighted by molar-refractivity contribution is 7.98. The number of likely N-dealkylation sites (tertiary alicyclic amines) is 1. The molecule has 12 nitrogen and oxygen atoms in total. The molecule has 13 heteroatoms. The number of carboxylic acid groups (broad SMARTS) is 1. The SMILES string of the molecule is CSCCC(N)C(=O)N1CCCC1C(=O)NC(CC(N)=O)C(=O)NC(C(=O)O)C(C)O. The van der Waals surface area contributed by atoms with Gasteiger partial charge in [-0.15, -0.1) is 0 Å². The molecule has 0 bridgehead atoms. The van der Waals surface area contributed by atoms with Crippen LogP contribution in [0.3, 0.4) is 0 Å². The van der Waals surface area contributed by atoms with Crippen LogP contribution in [0.4, 0.5) is 0 Å². The van der Waals surface area contributed by atoms with E-state index in [4.69, 9.17) is 16.6 Å². The lowest BCUT2D eigenvalue weighted by atomic mass is 10.1. The number of aliphatic hydroxyl groups excluding tert-OH is 1. The van der Waals surface area contributed by atoms with Crippen LogP contribution in [0.1, 0.15) is 32.6 Å². The number of carboxylic acids is 1. The van der Waals surface area contributed by atoms with Gasteiger partial charge in [0.2, 0.25) is 23.6 Å². The number of rotatable bonds is 12. The minimum Gasteiger partial charge on any atom is -0.480 e. The third-order valence-electron chi connectivity index (χ3n) is 4.87. The lowest BCUT2D eigenvalue weighted by molar-refractivity contribution is -0.145. The zero-order chi connectivity index (χ0) is 23.7. The molecule has 5 unspecified atom stereocenters. The summed E-state index contributed by atoms with van der Waals surface area (Å²) in [6, 6.07) is -4.73. The normalized spacial score (nSPS) is 19.7. The first-order valence-electron chi connectivity index (χ1n) is 9.84. The van der Waals surface area contributed by atoms with E-state index in [1.165, 1.54) is 11.8 Å². The number of primary amides is 1. The van der Waals surface area contributed by atoms with E-state index in [2.05, 4.69) is 10.6 Å². The summed E-state index contributed by atoms with van der Waals surface area (Å²) in [7, 11) is 0. The molecule has 1 heterocycles. The first kappa shape index (κ1) is 26.7. The molecule has 0 saturated carbocycles. The van der Waals surface area contributed by atoms with Crippen LogP contribution in [0.25, 0.3) is 0 Å². The van der Waals surface area contributed by atoms with Crippen molar-refractivity contribution in [2.24, 2.45) is 11.5 Å². The zero-order valence-electron chi connectivity index (χ0n) is 17.6. The summed E-state index contributed by atoms with van der Waals surface area (Å²) in [4.78, 5) is 61.8. The van der Waals surface area contributed by atoms with Gasteiger partial charge in [-0.2, -0.15) is 11.8 Å². The molecule has 4 amide bonds. The van der Waals surface area contributed by atoms with Crippen LogP contribution in [-0.4, -0.2) is 93.5 Å². The van der Waals surface area contributed by atoms with Crippen molar-refractivity contribution in [1.29, 1.82) is 0 Å². The Morgan fingerprint density at radius 1 is 1.23 bits per heavy atom. The number of amides is 4. The first-order valence-corrected chi connectivity index (χ1v) is 11.2. The van der Waals surface area contributed by atoms with E-state index >= 15 is 0 Å². The van der Waals surface area contributed by atoms with Gasteiger partial charge in [0.15, 0.2) is 6.04 Å². The zero-order valence-corrected chi connectivity index (χ0v) is 18.4. The molecule has 8 N–H and O–H groups in total. The summed E-state index contributed by atoms with van der Waals surface area (Å²) < 4.78 is 0. The molecule has 0 aromatic heterocycles. The van der Waals surface area contributed by atoms with Crippen molar-refractivity contribution in [2.45, 2.75) is 62.9 Å². The van der Waals surface area contributed by atoms with Gasteiger partial charge in [-0.25, -0.2) is 4.79 Å². The van der Waals surface area contributed by atoms with E-state index < -0.39 is 60.4 Å². The number of aliphatic carboxylic acids is 1.